The van der Waals surface area contributed by atoms with Crippen LogP contribution in [0.2, 0.25) is 0 Å². The van der Waals surface area contributed by atoms with Crippen molar-refractivity contribution >= 4 is 37.8 Å². The maximum absolute atomic E-state index is 11.9. The number of carbonyl (C=O) groups excluding carboxylic acids is 1. The van der Waals surface area contributed by atoms with E-state index in [4.69, 9.17) is 9.29 Å². The van der Waals surface area contributed by atoms with Crippen LogP contribution in [-0.2, 0) is 15.5 Å². The molecule has 0 bridgehead atoms. The topological polar surface area (TPSA) is 105 Å². The molecule has 0 aliphatic rings. The Hall–Kier alpha value is -2.10. The van der Waals surface area contributed by atoms with Gasteiger partial charge in [0, 0.05) is 12.2 Å². The summed E-state index contributed by atoms with van der Waals surface area (Å²) in [6, 6.07) is 10.9. The average Bonchev–Trinajstić information content (AvgIpc) is 2.61. The van der Waals surface area contributed by atoms with Crippen molar-refractivity contribution in [3.63, 3.8) is 0 Å². The largest absolute Gasteiger partial charge is 0.492 e. The molecule has 0 fully saturated rings. The maximum Gasteiger partial charge on any atom is 0.319 e. The molecule has 7 nitrogen and oxygen atoms in total. The van der Waals surface area contributed by atoms with Crippen molar-refractivity contribution in [2.45, 2.75) is 37.5 Å². The Bertz CT molecular complexity index is 971. The van der Waals surface area contributed by atoms with Gasteiger partial charge in [0.25, 0.3) is 10.1 Å². The summed E-state index contributed by atoms with van der Waals surface area (Å²) in [6.07, 6.45) is 0.589. The van der Waals surface area contributed by atoms with Crippen molar-refractivity contribution in [2.75, 3.05) is 18.5 Å². The highest BCUT2D eigenvalue weighted by atomic mass is 79.9. The molecule has 29 heavy (non-hydrogen) atoms. The predicted molar refractivity (Wildman–Crippen MR) is 116 cm³/mol. The van der Waals surface area contributed by atoms with Gasteiger partial charge in [0.1, 0.15) is 5.75 Å². The third kappa shape index (κ3) is 7.34. The number of hydrogen-bond acceptors (Lipinski definition) is 4. The molecule has 0 saturated heterocycles. The van der Waals surface area contributed by atoms with Crippen molar-refractivity contribution in [2.24, 2.45) is 0 Å². The molecule has 9 heteroatoms. The Balaban J connectivity index is 1.76. The maximum atomic E-state index is 11.9. The van der Waals surface area contributed by atoms with Gasteiger partial charge < -0.3 is 15.4 Å². The quantitative estimate of drug-likeness (QED) is 0.393. The van der Waals surface area contributed by atoms with Gasteiger partial charge in [-0.1, -0.05) is 32.9 Å². The second-order valence-electron chi connectivity index (χ2n) is 7.48. The van der Waals surface area contributed by atoms with Gasteiger partial charge in [-0.15, -0.1) is 0 Å². The van der Waals surface area contributed by atoms with Gasteiger partial charge in [-0.2, -0.15) is 8.42 Å². The van der Waals surface area contributed by atoms with E-state index >= 15 is 0 Å². The van der Waals surface area contributed by atoms with Crippen LogP contribution in [0, 0.1) is 0 Å². The van der Waals surface area contributed by atoms with Gasteiger partial charge in [0.05, 0.1) is 16.0 Å². The zero-order chi connectivity index (χ0) is 21.7. The molecule has 0 aliphatic heterocycles. The highest BCUT2D eigenvalue weighted by Crippen LogP contribution is 2.31. The Morgan fingerprint density at radius 1 is 1.17 bits per heavy atom. The molecule has 0 heterocycles. The highest BCUT2D eigenvalue weighted by molar-refractivity contribution is 9.10. The molecule has 3 N–H and O–H groups in total. The number of benzene rings is 2. The van der Waals surface area contributed by atoms with E-state index in [-0.39, 0.29) is 16.0 Å². The molecule has 0 unspecified atom stereocenters. The molecule has 2 rings (SSSR count). The van der Waals surface area contributed by atoms with E-state index in [1.165, 1.54) is 29.8 Å². The van der Waals surface area contributed by atoms with Gasteiger partial charge in [0.15, 0.2) is 0 Å². The summed E-state index contributed by atoms with van der Waals surface area (Å²) < 4.78 is 37.9. The number of urea groups is 1. The Kier molecular flexibility index (Phi) is 7.67. The van der Waals surface area contributed by atoms with Crippen molar-refractivity contribution in [3.8, 4) is 5.75 Å². The molecule has 158 valence electrons. The zero-order valence-corrected chi connectivity index (χ0v) is 18.9. The van der Waals surface area contributed by atoms with Gasteiger partial charge >= 0.3 is 6.03 Å². The number of ether oxygens (including phenoxy) is 1. The van der Waals surface area contributed by atoms with Crippen molar-refractivity contribution < 1.29 is 22.5 Å². The summed E-state index contributed by atoms with van der Waals surface area (Å²) in [4.78, 5) is 11.6. The Morgan fingerprint density at radius 3 is 2.52 bits per heavy atom. The van der Waals surface area contributed by atoms with Crippen LogP contribution < -0.4 is 15.4 Å². The second kappa shape index (κ2) is 9.60. The fraction of sp³-hybridized carbons (Fsp3) is 0.350. The molecule has 2 aromatic carbocycles. The molecule has 2 aromatic rings. The molecule has 2 amide bonds. The van der Waals surface area contributed by atoms with E-state index in [0.717, 1.165) is 10.2 Å². The third-order valence-electron chi connectivity index (χ3n) is 4.05. The molecule has 0 spiro atoms. The van der Waals surface area contributed by atoms with Crippen LogP contribution in [0.25, 0.3) is 0 Å². The molecule has 0 saturated carbocycles. The van der Waals surface area contributed by atoms with Gasteiger partial charge in [-0.3, -0.25) is 4.55 Å². The molecule has 0 aromatic heterocycles. The summed E-state index contributed by atoms with van der Waals surface area (Å²) >= 11 is 3.52. The first kappa shape index (κ1) is 23.2. The monoisotopic (exact) mass is 484 g/mol. The Labute approximate surface area is 179 Å². The van der Waals surface area contributed by atoms with Crippen LogP contribution in [-0.4, -0.2) is 32.2 Å². The Morgan fingerprint density at radius 2 is 1.90 bits per heavy atom. The predicted octanol–water partition coefficient (Wildman–Crippen LogP) is 4.58. The number of anilines is 1. The van der Waals surface area contributed by atoms with E-state index in [1.54, 1.807) is 0 Å². The van der Waals surface area contributed by atoms with Crippen LogP contribution in [0.15, 0.2) is 51.8 Å². The smallest absolute Gasteiger partial charge is 0.319 e. The lowest BCUT2D eigenvalue weighted by atomic mass is 9.87. The normalized spacial score (nSPS) is 11.8. The second-order valence-corrected chi connectivity index (χ2v) is 9.76. The van der Waals surface area contributed by atoms with Gasteiger partial charge in [0.2, 0.25) is 0 Å². The van der Waals surface area contributed by atoms with Crippen molar-refractivity contribution in [1.29, 1.82) is 0 Å². The summed E-state index contributed by atoms with van der Waals surface area (Å²) in [5.74, 6) is 0.740. The number of nitrogens with one attached hydrogen (secondary N) is 2. The SMILES string of the molecule is CC(C)(C)c1ccc(OCCCNC(=O)Nc2cccc(S(=O)(=O)O)c2)c(Br)c1. The minimum Gasteiger partial charge on any atom is -0.492 e. The molecular formula is C20H25BrN2O5S. The van der Waals surface area contributed by atoms with E-state index in [2.05, 4.69) is 47.3 Å². The first-order valence-corrected chi connectivity index (χ1v) is 11.3. The van der Waals surface area contributed by atoms with Gasteiger partial charge in [-0.05, 0) is 63.7 Å². The van der Waals surface area contributed by atoms with E-state index in [1.807, 2.05) is 18.2 Å². The van der Waals surface area contributed by atoms with E-state index in [0.29, 0.717) is 19.6 Å². The van der Waals surface area contributed by atoms with E-state index < -0.39 is 16.1 Å². The lowest BCUT2D eigenvalue weighted by molar-refractivity contribution is 0.250. The van der Waals surface area contributed by atoms with Crippen LogP contribution in [0.1, 0.15) is 32.8 Å². The number of hydrogen-bond donors (Lipinski definition) is 3. The van der Waals surface area contributed by atoms with Crippen molar-refractivity contribution in [1.82, 2.24) is 5.32 Å². The zero-order valence-electron chi connectivity index (χ0n) is 16.5. The minimum atomic E-state index is -4.32. The summed E-state index contributed by atoms with van der Waals surface area (Å²) in [5.41, 5.74) is 1.52. The average molecular weight is 485 g/mol. The lowest BCUT2D eigenvalue weighted by Gasteiger charge is -2.20. The summed E-state index contributed by atoms with van der Waals surface area (Å²) in [5, 5.41) is 5.18. The van der Waals surface area contributed by atoms with Crippen molar-refractivity contribution in [3.05, 3.63) is 52.5 Å². The number of carbonyl (C=O) groups is 1. The first-order valence-electron chi connectivity index (χ1n) is 9.02. The van der Waals surface area contributed by atoms with Gasteiger partial charge in [-0.25, -0.2) is 4.79 Å². The number of halogens is 1. The highest BCUT2D eigenvalue weighted by Gasteiger charge is 2.15. The number of amides is 2. The van der Waals surface area contributed by atoms with E-state index in [9.17, 15) is 13.2 Å². The molecule has 0 aliphatic carbocycles. The standard InChI is InChI=1S/C20H25BrN2O5S/c1-20(2,3)14-8-9-18(17(21)12-14)28-11-5-10-22-19(24)23-15-6-4-7-16(13-15)29(25,26)27/h4,6-9,12-13H,5,10-11H2,1-3H3,(H2,22,23,24)(H,25,26,27). The first-order chi connectivity index (χ1) is 13.5. The third-order valence-corrected chi connectivity index (χ3v) is 5.52. The molecular weight excluding hydrogens is 460 g/mol. The van der Waals surface area contributed by atoms with Crippen LogP contribution >= 0.6 is 15.9 Å². The molecule has 0 radical (unpaired) electrons. The molecule has 0 atom stereocenters. The minimum absolute atomic E-state index is 0.0548. The fourth-order valence-corrected chi connectivity index (χ4v) is 3.47. The number of rotatable bonds is 7. The van der Waals surface area contributed by atoms with Crippen LogP contribution in [0.5, 0.6) is 5.75 Å². The fourth-order valence-electron chi connectivity index (χ4n) is 2.45. The van der Waals surface area contributed by atoms with Crippen LogP contribution in [0.4, 0.5) is 10.5 Å². The summed E-state index contributed by atoms with van der Waals surface area (Å²) in [6.45, 7) is 7.23. The van der Waals surface area contributed by atoms with Crippen LogP contribution in [0.3, 0.4) is 0 Å². The lowest BCUT2D eigenvalue weighted by Crippen LogP contribution is -2.30. The summed E-state index contributed by atoms with van der Waals surface area (Å²) in [7, 11) is -4.32.